The second-order valence-electron chi connectivity index (χ2n) is 6.70. The second-order valence-corrected chi connectivity index (χ2v) is 6.70. The van der Waals surface area contributed by atoms with Crippen LogP contribution in [-0.2, 0) is 20.7 Å². The molecule has 2 rings (SSSR count). The van der Waals surface area contributed by atoms with Gasteiger partial charge in [-0.15, -0.1) is 0 Å². The number of alkyl carbamates (subject to hydrolysis) is 1. The van der Waals surface area contributed by atoms with Crippen LogP contribution < -0.4 is 5.32 Å². The van der Waals surface area contributed by atoms with Crippen LogP contribution in [0.3, 0.4) is 0 Å². The molecule has 0 saturated heterocycles. The predicted octanol–water partition coefficient (Wildman–Crippen LogP) is 3.84. The van der Waals surface area contributed by atoms with Gasteiger partial charge in [-0.3, -0.25) is 0 Å². The summed E-state index contributed by atoms with van der Waals surface area (Å²) in [5, 5.41) is 12.8. The Balaban J connectivity index is 2.09. The maximum Gasteiger partial charge on any atom is 0.412 e. The first kappa shape index (κ1) is 22.2. The van der Waals surface area contributed by atoms with E-state index in [0.29, 0.717) is 6.42 Å². The standard InChI is InChI=1S/C23H27NO5/c1-4-28-22(26)21(25)15-20(24-23(27)29-16(2)3)14-17-10-12-19(13-11-17)18-8-6-5-7-9-18/h5-13,20-21,25H,2,4,14-15H2,1,3H3,(H,24,27)/t20-,21+/m0/s1. The van der Waals surface area contributed by atoms with Crippen molar-refractivity contribution in [3.05, 3.63) is 72.5 Å². The second kappa shape index (κ2) is 11.0. The van der Waals surface area contributed by atoms with E-state index in [2.05, 4.69) is 11.9 Å². The van der Waals surface area contributed by atoms with Gasteiger partial charge >= 0.3 is 12.1 Å². The molecule has 0 saturated carbocycles. The number of carbonyl (C=O) groups is 2. The van der Waals surface area contributed by atoms with E-state index >= 15 is 0 Å². The molecule has 0 spiro atoms. The summed E-state index contributed by atoms with van der Waals surface area (Å²) < 4.78 is 9.78. The van der Waals surface area contributed by atoms with Gasteiger partial charge in [-0.1, -0.05) is 61.2 Å². The summed E-state index contributed by atoms with van der Waals surface area (Å²) in [5.74, 6) is -0.466. The smallest absolute Gasteiger partial charge is 0.412 e. The number of aliphatic hydroxyl groups is 1. The van der Waals surface area contributed by atoms with Gasteiger partial charge in [0.15, 0.2) is 6.10 Å². The molecule has 0 radical (unpaired) electrons. The number of hydrogen-bond donors (Lipinski definition) is 2. The minimum atomic E-state index is -1.34. The number of carbonyl (C=O) groups excluding carboxylic acids is 2. The number of nitrogens with one attached hydrogen (secondary N) is 1. The Kier molecular flexibility index (Phi) is 8.43. The number of rotatable bonds is 9. The van der Waals surface area contributed by atoms with E-state index in [4.69, 9.17) is 9.47 Å². The normalized spacial score (nSPS) is 12.5. The number of benzene rings is 2. The molecule has 2 atom stereocenters. The SMILES string of the molecule is C=C(C)OC(=O)N[C@@H](Cc1ccc(-c2ccccc2)cc1)C[C@@H](O)C(=O)OCC. The van der Waals surface area contributed by atoms with E-state index in [1.165, 1.54) is 0 Å². The molecule has 2 aromatic carbocycles. The van der Waals surface area contributed by atoms with Crippen molar-refractivity contribution < 1.29 is 24.2 Å². The van der Waals surface area contributed by atoms with Crippen molar-refractivity contribution in [2.24, 2.45) is 0 Å². The summed E-state index contributed by atoms with van der Waals surface area (Å²) in [4.78, 5) is 23.7. The molecule has 6 heteroatoms. The Hall–Kier alpha value is -3.12. The van der Waals surface area contributed by atoms with Crippen molar-refractivity contribution in [1.29, 1.82) is 0 Å². The van der Waals surface area contributed by atoms with Crippen LogP contribution in [-0.4, -0.2) is 35.9 Å². The van der Waals surface area contributed by atoms with Crippen LogP contribution in [0.1, 0.15) is 25.8 Å². The lowest BCUT2D eigenvalue weighted by molar-refractivity contribution is -0.153. The van der Waals surface area contributed by atoms with Crippen molar-refractivity contribution >= 4 is 12.1 Å². The Bertz CT molecular complexity index is 817. The lowest BCUT2D eigenvalue weighted by Gasteiger charge is -2.21. The molecular weight excluding hydrogens is 370 g/mol. The number of esters is 1. The highest BCUT2D eigenvalue weighted by Gasteiger charge is 2.24. The van der Waals surface area contributed by atoms with E-state index in [0.717, 1.165) is 16.7 Å². The van der Waals surface area contributed by atoms with Crippen molar-refractivity contribution in [2.75, 3.05) is 6.61 Å². The zero-order valence-corrected chi connectivity index (χ0v) is 16.8. The molecule has 2 aromatic rings. The fourth-order valence-corrected chi connectivity index (χ4v) is 2.90. The van der Waals surface area contributed by atoms with E-state index in [1.807, 2.05) is 54.6 Å². The molecule has 154 valence electrons. The summed E-state index contributed by atoms with van der Waals surface area (Å²) in [6, 6.07) is 17.4. The molecule has 0 bridgehead atoms. The topological polar surface area (TPSA) is 84.9 Å². The van der Waals surface area contributed by atoms with Gasteiger partial charge in [0.2, 0.25) is 0 Å². The molecule has 0 heterocycles. The third kappa shape index (κ3) is 7.43. The number of allylic oxidation sites excluding steroid dienone is 1. The van der Waals surface area contributed by atoms with Crippen molar-refractivity contribution in [1.82, 2.24) is 5.32 Å². The van der Waals surface area contributed by atoms with Gasteiger partial charge in [-0.2, -0.15) is 0 Å². The summed E-state index contributed by atoms with van der Waals surface area (Å²) in [6.45, 7) is 6.93. The molecule has 0 aliphatic rings. The van der Waals surface area contributed by atoms with Gasteiger partial charge in [0, 0.05) is 12.5 Å². The average Bonchev–Trinajstić information content (AvgIpc) is 2.68. The lowest BCUT2D eigenvalue weighted by Crippen LogP contribution is -2.41. The maximum atomic E-state index is 12.0. The molecule has 0 aliphatic heterocycles. The first-order valence-electron chi connectivity index (χ1n) is 9.52. The van der Waals surface area contributed by atoms with Gasteiger partial charge in [0.1, 0.15) is 0 Å². The maximum absolute atomic E-state index is 12.0. The minimum absolute atomic E-state index is 0.00452. The minimum Gasteiger partial charge on any atom is -0.464 e. The number of ether oxygens (including phenoxy) is 2. The van der Waals surface area contributed by atoms with Gasteiger partial charge in [0.25, 0.3) is 0 Å². The number of hydrogen-bond acceptors (Lipinski definition) is 5. The molecule has 2 N–H and O–H groups in total. The van der Waals surface area contributed by atoms with Gasteiger partial charge < -0.3 is 19.9 Å². The molecule has 1 amide bonds. The van der Waals surface area contributed by atoms with Gasteiger partial charge in [-0.25, -0.2) is 9.59 Å². The Morgan fingerprint density at radius 3 is 2.28 bits per heavy atom. The molecule has 0 fully saturated rings. The van der Waals surface area contributed by atoms with E-state index in [1.54, 1.807) is 13.8 Å². The molecule has 0 unspecified atom stereocenters. The zero-order chi connectivity index (χ0) is 21.2. The van der Waals surface area contributed by atoms with Crippen LogP contribution in [0.4, 0.5) is 4.79 Å². The van der Waals surface area contributed by atoms with Crippen LogP contribution in [0.5, 0.6) is 0 Å². The van der Waals surface area contributed by atoms with Crippen LogP contribution in [0.25, 0.3) is 11.1 Å². The van der Waals surface area contributed by atoms with E-state index in [9.17, 15) is 14.7 Å². The largest absolute Gasteiger partial charge is 0.464 e. The summed E-state index contributed by atoms with van der Waals surface area (Å²) >= 11 is 0. The lowest BCUT2D eigenvalue weighted by atomic mass is 9.98. The molecule has 0 aromatic heterocycles. The predicted molar refractivity (Wildman–Crippen MR) is 111 cm³/mol. The van der Waals surface area contributed by atoms with Crippen molar-refractivity contribution in [3.63, 3.8) is 0 Å². The first-order valence-corrected chi connectivity index (χ1v) is 9.52. The number of amides is 1. The highest BCUT2D eigenvalue weighted by Crippen LogP contribution is 2.20. The van der Waals surface area contributed by atoms with Gasteiger partial charge in [-0.05, 0) is 37.0 Å². The fraction of sp³-hybridized carbons (Fsp3) is 0.304. The summed E-state index contributed by atoms with van der Waals surface area (Å²) in [7, 11) is 0. The third-order valence-electron chi connectivity index (χ3n) is 4.20. The quantitative estimate of drug-likeness (QED) is 0.496. The molecular formula is C23H27NO5. The van der Waals surface area contributed by atoms with Crippen molar-refractivity contribution in [3.8, 4) is 11.1 Å². The Labute approximate surface area is 171 Å². The van der Waals surface area contributed by atoms with Crippen LogP contribution in [0.15, 0.2) is 66.9 Å². The fourth-order valence-electron chi connectivity index (χ4n) is 2.90. The van der Waals surface area contributed by atoms with Crippen LogP contribution >= 0.6 is 0 Å². The number of aliphatic hydroxyl groups excluding tert-OH is 1. The first-order chi connectivity index (χ1) is 13.9. The highest BCUT2D eigenvalue weighted by atomic mass is 16.6. The average molecular weight is 397 g/mol. The van der Waals surface area contributed by atoms with Crippen LogP contribution in [0, 0.1) is 0 Å². The Morgan fingerprint density at radius 2 is 1.69 bits per heavy atom. The molecule has 6 nitrogen and oxygen atoms in total. The molecule has 0 aliphatic carbocycles. The monoisotopic (exact) mass is 397 g/mol. The Morgan fingerprint density at radius 1 is 1.07 bits per heavy atom. The van der Waals surface area contributed by atoms with Crippen LogP contribution in [0.2, 0.25) is 0 Å². The van der Waals surface area contributed by atoms with E-state index < -0.39 is 24.2 Å². The zero-order valence-electron chi connectivity index (χ0n) is 16.8. The summed E-state index contributed by atoms with van der Waals surface area (Å²) in [5.41, 5.74) is 3.13. The third-order valence-corrected chi connectivity index (χ3v) is 4.20. The van der Waals surface area contributed by atoms with Gasteiger partial charge in [0.05, 0.1) is 12.4 Å². The highest BCUT2D eigenvalue weighted by molar-refractivity contribution is 5.74. The molecule has 29 heavy (non-hydrogen) atoms. The van der Waals surface area contributed by atoms with E-state index in [-0.39, 0.29) is 18.8 Å². The van der Waals surface area contributed by atoms with Crippen molar-refractivity contribution in [2.45, 2.75) is 38.8 Å². The summed E-state index contributed by atoms with van der Waals surface area (Å²) in [6.07, 6.45) is -1.60.